The van der Waals surface area contributed by atoms with Crippen molar-refractivity contribution in [3.63, 3.8) is 0 Å². The molecule has 2 aromatic rings. The molecule has 2 rings (SSSR count). The smallest absolute Gasteiger partial charge is 0.253 e. The average molecular weight is 359 g/mol. The lowest BCUT2D eigenvalue weighted by Gasteiger charge is -2.12. The lowest BCUT2D eigenvalue weighted by molar-refractivity contribution is -0.115. The summed E-state index contributed by atoms with van der Waals surface area (Å²) in [6.07, 6.45) is 0. The van der Waals surface area contributed by atoms with Crippen molar-refractivity contribution in [2.75, 3.05) is 11.1 Å². The first-order valence-corrected chi connectivity index (χ1v) is 7.78. The summed E-state index contributed by atoms with van der Waals surface area (Å²) in [5, 5.41) is 3.25. The molecule has 0 unspecified atom stereocenters. The fourth-order valence-corrected chi connectivity index (χ4v) is 2.71. The molecule has 6 nitrogen and oxygen atoms in total. The van der Waals surface area contributed by atoms with Gasteiger partial charge < -0.3 is 16.0 Å². The molecule has 0 saturated carbocycles. The Balaban J connectivity index is 2.09. The second kappa shape index (κ2) is 7.04. The van der Waals surface area contributed by atoms with Crippen LogP contribution < -0.4 is 16.6 Å². The van der Waals surface area contributed by atoms with Gasteiger partial charge in [0.05, 0.1) is 16.0 Å². The van der Waals surface area contributed by atoms with E-state index >= 15 is 0 Å². The number of benzene rings is 1. The normalized spacial score (nSPS) is 12.0. The molecule has 1 aromatic heterocycles. The van der Waals surface area contributed by atoms with E-state index in [1.807, 2.05) is 0 Å². The van der Waals surface area contributed by atoms with Crippen molar-refractivity contribution in [2.24, 2.45) is 0 Å². The number of rotatable bonds is 4. The Bertz CT molecular complexity index is 766. The summed E-state index contributed by atoms with van der Waals surface area (Å²) < 4.78 is 0. The SMILES string of the molecule is C[C@@H](Sc1nc(N)cc(=O)[nH]1)C(=O)Nc1cc(Cl)ccc1Cl. The zero-order valence-electron chi connectivity index (χ0n) is 11.4. The van der Waals surface area contributed by atoms with Crippen LogP contribution in [-0.2, 0) is 4.79 Å². The van der Waals surface area contributed by atoms with Crippen molar-refractivity contribution in [1.29, 1.82) is 0 Å². The summed E-state index contributed by atoms with van der Waals surface area (Å²) in [6.45, 7) is 1.67. The van der Waals surface area contributed by atoms with Crippen LogP contribution in [0.4, 0.5) is 11.5 Å². The largest absolute Gasteiger partial charge is 0.383 e. The van der Waals surface area contributed by atoms with Crippen molar-refractivity contribution >= 4 is 52.4 Å². The van der Waals surface area contributed by atoms with Gasteiger partial charge in [-0.25, -0.2) is 4.98 Å². The van der Waals surface area contributed by atoms with Crippen LogP contribution in [0.2, 0.25) is 10.0 Å². The highest BCUT2D eigenvalue weighted by atomic mass is 35.5. The minimum Gasteiger partial charge on any atom is -0.383 e. The van der Waals surface area contributed by atoms with Gasteiger partial charge in [0.2, 0.25) is 5.91 Å². The minimum absolute atomic E-state index is 0.0942. The maximum Gasteiger partial charge on any atom is 0.253 e. The Morgan fingerprint density at radius 2 is 2.14 bits per heavy atom. The fourth-order valence-electron chi connectivity index (χ4n) is 1.56. The van der Waals surface area contributed by atoms with Crippen LogP contribution in [0.5, 0.6) is 0 Å². The van der Waals surface area contributed by atoms with Gasteiger partial charge in [-0.05, 0) is 25.1 Å². The third-order valence-corrected chi connectivity index (χ3v) is 4.13. The number of nitrogens with two attached hydrogens (primary N) is 1. The topological polar surface area (TPSA) is 101 Å². The first-order valence-electron chi connectivity index (χ1n) is 6.14. The van der Waals surface area contributed by atoms with Crippen LogP contribution in [0.25, 0.3) is 0 Å². The number of hydrogen-bond acceptors (Lipinski definition) is 5. The number of anilines is 2. The Morgan fingerprint density at radius 1 is 1.41 bits per heavy atom. The zero-order chi connectivity index (χ0) is 16.3. The molecule has 1 aromatic carbocycles. The number of hydrogen-bond donors (Lipinski definition) is 3. The molecule has 0 aliphatic heterocycles. The van der Waals surface area contributed by atoms with Crippen LogP contribution in [0, 0.1) is 0 Å². The fraction of sp³-hybridized carbons (Fsp3) is 0.154. The molecule has 9 heteroatoms. The van der Waals surface area contributed by atoms with E-state index in [1.54, 1.807) is 25.1 Å². The molecule has 0 fully saturated rings. The second-order valence-electron chi connectivity index (χ2n) is 4.35. The first kappa shape index (κ1) is 16.7. The number of nitrogens with one attached hydrogen (secondary N) is 2. The summed E-state index contributed by atoms with van der Waals surface area (Å²) >= 11 is 12.9. The van der Waals surface area contributed by atoms with Gasteiger partial charge in [-0.15, -0.1) is 0 Å². The molecular formula is C13H12Cl2N4O2S. The molecule has 1 atom stereocenters. The standard InChI is InChI=1S/C13H12Cl2N4O2S/c1-6(22-13-18-10(16)5-11(20)19-13)12(21)17-9-4-7(14)2-3-8(9)15/h2-6H,1H3,(H,17,21)(H3,16,18,19,20)/t6-/m1/s1. The summed E-state index contributed by atoms with van der Waals surface area (Å²) in [5.74, 6) is -0.212. The quantitative estimate of drug-likeness (QED) is 0.576. The summed E-state index contributed by atoms with van der Waals surface area (Å²) in [6, 6.07) is 5.94. The molecule has 116 valence electrons. The van der Waals surface area contributed by atoms with Crippen molar-refractivity contribution in [3.05, 3.63) is 44.7 Å². The molecule has 0 saturated heterocycles. The summed E-state index contributed by atoms with van der Waals surface area (Å²) in [4.78, 5) is 29.9. The summed E-state index contributed by atoms with van der Waals surface area (Å²) in [5.41, 5.74) is 5.54. The monoisotopic (exact) mass is 358 g/mol. The van der Waals surface area contributed by atoms with Gasteiger partial charge in [-0.2, -0.15) is 0 Å². The van der Waals surface area contributed by atoms with E-state index in [4.69, 9.17) is 28.9 Å². The maximum absolute atomic E-state index is 12.2. The number of thioether (sulfide) groups is 1. The lowest BCUT2D eigenvalue weighted by Crippen LogP contribution is -2.23. The Kier molecular flexibility index (Phi) is 5.33. The second-order valence-corrected chi connectivity index (χ2v) is 6.52. The third-order valence-electron chi connectivity index (χ3n) is 2.58. The molecule has 0 radical (unpaired) electrons. The van der Waals surface area contributed by atoms with Crippen LogP contribution in [-0.4, -0.2) is 21.1 Å². The van der Waals surface area contributed by atoms with Gasteiger partial charge in [0, 0.05) is 11.1 Å². The highest BCUT2D eigenvalue weighted by molar-refractivity contribution is 8.00. The van der Waals surface area contributed by atoms with E-state index in [1.165, 1.54) is 6.07 Å². The predicted molar refractivity (Wildman–Crippen MR) is 89.7 cm³/mol. The number of aromatic amines is 1. The molecule has 0 spiro atoms. The van der Waals surface area contributed by atoms with E-state index in [2.05, 4.69) is 15.3 Å². The van der Waals surface area contributed by atoms with E-state index in [0.717, 1.165) is 11.8 Å². The van der Waals surface area contributed by atoms with Crippen molar-refractivity contribution in [2.45, 2.75) is 17.3 Å². The molecule has 0 aliphatic rings. The molecule has 22 heavy (non-hydrogen) atoms. The van der Waals surface area contributed by atoms with Crippen molar-refractivity contribution in [3.8, 4) is 0 Å². The number of nitrogen functional groups attached to an aromatic ring is 1. The Labute approximate surface area is 140 Å². The van der Waals surface area contributed by atoms with Gasteiger partial charge in [-0.1, -0.05) is 35.0 Å². The predicted octanol–water partition coefficient (Wildman–Crippen LogP) is 2.78. The highest BCUT2D eigenvalue weighted by Gasteiger charge is 2.17. The van der Waals surface area contributed by atoms with Crippen LogP contribution in [0.15, 0.2) is 34.2 Å². The van der Waals surface area contributed by atoms with E-state index in [9.17, 15) is 9.59 Å². The lowest BCUT2D eigenvalue weighted by atomic mass is 10.3. The number of aromatic nitrogens is 2. The molecule has 0 aliphatic carbocycles. The number of carbonyl (C=O) groups is 1. The zero-order valence-corrected chi connectivity index (χ0v) is 13.7. The number of nitrogens with zero attached hydrogens (tertiary/aromatic N) is 1. The average Bonchev–Trinajstić information content (AvgIpc) is 2.41. The highest BCUT2D eigenvalue weighted by Crippen LogP contribution is 2.27. The van der Waals surface area contributed by atoms with Gasteiger partial charge in [-0.3, -0.25) is 9.59 Å². The van der Waals surface area contributed by atoms with Crippen LogP contribution in [0.1, 0.15) is 6.92 Å². The Hall–Kier alpha value is -1.70. The van der Waals surface area contributed by atoms with E-state index < -0.39 is 5.25 Å². The maximum atomic E-state index is 12.2. The van der Waals surface area contributed by atoms with Crippen LogP contribution in [0.3, 0.4) is 0 Å². The van der Waals surface area contributed by atoms with Gasteiger partial charge in [0.15, 0.2) is 5.16 Å². The first-order chi connectivity index (χ1) is 10.3. The number of halogens is 2. The van der Waals surface area contributed by atoms with Crippen molar-refractivity contribution in [1.82, 2.24) is 9.97 Å². The molecular weight excluding hydrogens is 347 g/mol. The van der Waals surface area contributed by atoms with Gasteiger partial charge >= 0.3 is 0 Å². The van der Waals surface area contributed by atoms with Crippen molar-refractivity contribution < 1.29 is 4.79 Å². The minimum atomic E-state index is -0.528. The van der Waals surface area contributed by atoms with Gasteiger partial charge in [0.25, 0.3) is 5.56 Å². The van der Waals surface area contributed by atoms with Crippen LogP contribution >= 0.6 is 35.0 Å². The molecule has 1 amide bonds. The number of amides is 1. The summed E-state index contributed by atoms with van der Waals surface area (Å²) in [7, 11) is 0. The third kappa shape index (κ3) is 4.40. The molecule has 0 bridgehead atoms. The van der Waals surface area contributed by atoms with E-state index in [-0.39, 0.29) is 22.4 Å². The molecule has 1 heterocycles. The number of carbonyl (C=O) groups excluding carboxylic acids is 1. The Morgan fingerprint density at radius 3 is 2.82 bits per heavy atom. The molecule has 4 N–H and O–H groups in total. The van der Waals surface area contributed by atoms with Gasteiger partial charge in [0.1, 0.15) is 5.82 Å². The van der Waals surface area contributed by atoms with E-state index in [0.29, 0.717) is 15.7 Å². The number of H-pyrrole nitrogens is 1.